The van der Waals surface area contributed by atoms with E-state index in [4.69, 9.17) is 4.74 Å². The van der Waals surface area contributed by atoms with E-state index in [1.165, 1.54) is 12.0 Å². The molecule has 0 aromatic heterocycles. The van der Waals surface area contributed by atoms with Gasteiger partial charge >= 0.3 is 12.1 Å². The molecule has 0 saturated heterocycles. The van der Waals surface area contributed by atoms with Gasteiger partial charge in [-0.1, -0.05) is 0 Å². The van der Waals surface area contributed by atoms with Gasteiger partial charge in [-0.25, -0.2) is 4.79 Å². The van der Waals surface area contributed by atoms with Gasteiger partial charge in [0.1, 0.15) is 0 Å². The van der Waals surface area contributed by atoms with Crippen LogP contribution in [-0.2, 0) is 14.3 Å². The Hall–Kier alpha value is -1.26. The van der Waals surface area contributed by atoms with Crippen molar-refractivity contribution in [3.05, 3.63) is 0 Å². The van der Waals surface area contributed by atoms with E-state index < -0.39 is 6.09 Å². The minimum absolute atomic E-state index is 0.150. The van der Waals surface area contributed by atoms with E-state index in [0.29, 0.717) is 6.54 Å². The minimum Gasteiger partial charge on any atom is -0.469 e. The van der Waals surface area contributed by atoms with Gasteiger partial charge in [0.05, 0.1) is 19.6 Å². The van der Waals surface area contributed by atoms with Crippen LogP contribution in [0.25, 0.3) is 0 Å². The van der Waals surface area contributed by atoms with Gasteiger partial charge in [-0.05, 0) is 13.8 Å². The highest BCUT2D eigenvalue weighted by molar-refractivity contribution is 5.71. The summed E-state index contributed by atoms with van der Waals surface area (Å²) in [4.78, 5) is 23.3. The third-order valence-corrected chi connectivity index (χ3v) is 1.53. The van der Waals surface area contributed by atoms with Crippen molar-refractivity contribution < 1.29 is 19.1 Å². The molecule has 0 atom stereocenters. The zero-order chi connectivity index (χ0) is 11.1. The van der Waals surface area contributed by atoms with Crippen LogP contribution in [0.4, 0.5) is 4.79 Å². The summed E-state index contributed by atoms with van der Waals surface area (Å²) in [6, 6.07) is 0. The summed E-state index contributed by atoms with van der Waals surface area (Å²) in [7, 11) is 2.89. The normalized spacial score (nSPS) is 9.79. The molecule has 0 spiro atoms. The monoisotopic (exact) mass is 203 g/mol. The van der Waals surface area contributed by atoms with E-state index in [1.54, 1.807) is 20.9 Å². The summed E-state index contributed by atoms with van der Waals surface area (Å²) in [5.41, 5.74) is 0. The molecule has 0 aliphatic rings. The fourth-order valence-corrected chi connectivity index (χ4v) is 0.744. The molecular formula is C9H17NO4. The van der Waals surface area contributed by atoms with Crippen LogP contribution < -0.4 is 0 Å². The van der Waals surface area contributed by atoms with Crippen molar-refractivity contribution in [2.75, 3.05) is 20.7 Å². The predicted octanol–water partition coefficient (Wildman–Crippen LogP) is 1.03. The number of ether oxygens (including phenoxy) is 2. The van der Waals surface area contributed by atoms with Crippen LogP contribution in [0.1, 0.15) is 20.3 Å². The summed E-state index contributed by atoms with van der Waals surface area (Å²) < 4.78 is 9.36. The van der Waals surface area contributed by atoms with E-state index >= 15 is 0 Å². The second kappa shape index (κ2) is 6.23. The average Bonchev–Trinajstić information content (AvgIpc) is 2.12. The molecular weight excluding hydrogens is 186 g/mol. The predicted molar refractivity (Wildman–Crippen MR) is 50.9 cm³/mol. The second-order valence-corrected chi connectivity index (χ2v) is 3.18. The van der Waals surface area contributed by atoms with Gasteiger partial charge in [0, 0.05) is 13.6 Å². The minimum atomic E-state index is -0.427. The number of rotatable bonds is 4. The molecule has 0 radical (unpaired) electrons. The van der Waals surface area contributed by atoms with Gasteiger partial charge in [0.25, 0.3) is 0 Å². The lowest BCUT2D eigenvalue weighted by atomic mass is 10.4. The first kappa shape index (κ1) is 12.7. The Morgan fingerprint density at radius 1 is 1.36 bits per heavy atom. The molecule has 5 heteroatoms. The number of hydrogen-bond acceptors (Lipinski definition) is 4. The first-order valence-electron chi connectivity index (χ1n) is 4.46. The number of methoxy groups -OCH3 is 1. The topological polar surface area (TPSA) is 55.8 Å². The van der Waals surface area contributed by atoms with Gasteiger partial charge in [-0.2, -0.15) is 0 Å². The highest BCUT2D eigenvalue weighted by Crippen LogP contribution is 1.97. The summed E-state index contributed by atoms with van der Waals surface area (Å²) in [6.45, 7) is 3.84. The van der Waals surface area contributed by atoms with Gasteiger partial charge in [-0.15, -0.1) is 0 Å². The van der Waals surface area contributed by atoms with Crippen molar-refractivity contribution in [2.45, 2.75) is 26.4 Å². The molecule has 0 saturated carbocycles. The first-order chi connectivity index (χ1) is 6.47. The molecule has 0 aliphatic heterocycles. The van der Waals surface area contributed by atoms with Crippen LogP contribution in [0, 0.1) is 0 Å². The number of nitrogens with zero attached hydrogens (tertiary/aromatic N) is 1. The van der Waals surface area contributed by atoms with Crippen molar-refractivity contribution in [1.29, 1.82) is 0 Å². The molecule has 0 aliphatic carbocycles. The van der Waals surface area contributed by atoms with E-state index in [9.17, 15) is 9.59 Å². The van der Waals surface area contributed by atoms with E-state index in [-0.39, 0.29) is 18.5 Å². The van der Waals surface area contributed by atoms with Gasteiger partial charge in [0.15, 0.2) is 0 Å². The van der Waals surface area contributed by atoms with E-state index in [1.807, 2.05) is 0 Å². The second-order valence-electron chi connectivity index (χ2n) is 3.18. The number of esters is 1. The molecule has 0 bridgehead atoms. The third kappa shape index (κ3) is 5.40. The Labute approximate surface area is 84.0 Å². The largest absolute Gasteiger partial charge is 0.469 e. The van der Waals surface area contributed by atoms with Crippen molar-refractivity contribution in [3.8, 4) is 0 Å². The SMILES string of the molecule is COC(=O)CCN(C)C(=O)OC(C)C. The molecule has 0 heterocycles. The molecule has 0 rings (SSSR count). The maximum absolute atomic E-state index is 11.2. The lowest BCUT2D eigenvalue weighted by molar-refractivity contribution is -0.140. The highest BCUT2D eigenvalue weighted by atomic mass is 16.6. The molecule has 0 aromatic rings. The smallest absolute Gasteiger partial charge is 0.409 e. The van der Waals surface area contributed by atoms with Crippen molar-refractivity contribution >= 4 is 12.1 Å². The van der Waals surface area contributed by atoms with Crippen LogP contribution >= 0.6 is 0 Å². The van der Waals surface area contributed by atoms with Crippen LogP contribution in [0.2, 0.25) is 0 Å². The molecule has 0 unspecified atom stereocenters. The molecule has 0 N–H and O–H groups in total. The lowest BCUT2D eigenvalue weighted by Crippen LogP contribution is -2.31. The molecule has 5 nitrogen and oxygen atoms in total. The fraction of sp³-hybridized carbons (Fsp3) is 0.778. The maximum atomic E-state index is 11.2. The number of carbonyl (C=O) groups excluding carboxylic acids is 2. The molecule has 82 valence electrons. The Morgan fingerprint density at radius 2 is 1.93 bits per heavy atom. The lowest BCUT2D eigenvalue weighted by Gasteiger charge is -2.17. The zero-order valence-electron chi connectivity index (χ0n) is 9.07. The third-order valence-electron chi connectivity index (χ3n) is 1.53. The quantitative estimate of drug-likeness (QED) is 0.640. The van der Waals surface area contributed by atoms with Crippen molar-refractivity contribution in [2.24, 2.45) is 0 Å². The number of hydrogen-bond donors (Lipinski definition) is 0. The molecule has 14 heavy (non-hydrogen) atoms. The van der Waals surface area contributed by atoms with Gasteiger partial charge in [0.2, 0.25) is 0 Å². The van der Waals surface area contributed by atoms with Gasteiger partial charge in [-0.3, -0.25) is 4.79 Å². The van der Waals surface area contributed by atoms with E-state index in [0.717, 1.165) is 0 Å². The summed E-state index contributed by atoms with van der Waals surface area (Å²) in [5, 5.41) is 0. The Kier molecular flexibility index (Phi) is 5.67. The summed E-state index contributed by atoms with van der Waals surface area (Å²) in [5.74, 6) is -0.339. The van der Waals surface area contributed by atoms with Gasteiger partial charge < -0.3 is 14.4 Å². The van der Waals surface area contributed by atoms with Crippen molar-refractivity contribution in [1.82, 2.24) is 4.90 Å². The van der Waals surface area contributed by atoms with Crippen molar-refractivity contribution in [3.63, 3.8) is 0 Å². The average molecular weight is 203 g/mol. The Balaban J connectivity index is 3.78. The maximum Gasteiger partial charge on any atom is 0.409 e. The summed E-state index contributed by atoms with van der Waals surface area (Å²) >= 11 is 0. The van der Waals surface area contributed by atoms with Crippen LogP contribution in [0.3, 0.4) is 0 Å². The zero-order valence-corrected chi connectivity index (χ0v) is 9.07. The van der Waals surface area contributed by atoms with Crippen LogP contribution in [0.5, 0.6) is 0 Å². The van der Waals surface area contributed by atoms with Crippen LogP contribution in [0.15, 0.2) is 0 Å². The van der Waals surface area contributed by atoms with Crippen LogP contribution in [-0.4, -0.2) is 43.8 Å². The molecule has 0 aromatic carbocycles. The molecule has 1 amide bonds. The number of carbonyl (C=O) groups is 2. The van der Waals surface area contributed by atoms with E-state index in [2.05, 4.69) is 4.74 Å². The Bertz CT molecular complexity index is 203. The highest BCUT2D eigenvalue weighted by Gasteiger charge is 2.12. The molecule has 0 fully saturated rings. The number of amides is 1. The standard InChI is InChI=1S/C9H17NO4/c1-7(2)14-9(12)10(3)6-5-8(11)13-4/h7H,5-6H2,1-4H3. The fourth-order valence-electron chi connectivity index (χ4n) is 0.744. The Morgan fingerprint density at radius 3 is 2.36 bits per heavy atom. The summed E-state index contributed by atoms with van der Waals surface area (Å²) in [6.07, 6.45) is -0.396. The first-order valence-corrected chi connectivity index (χ1v) is 4.46.